The zero-order valence-corrected chi connectivity index (χ0v) is 16.1. The molecule has 0 aliphatic carbocycles. The predicted molar refractivity (Wildman–Crippen MR) is 120 cm³/mol. The van der Waals surface area contributed by atoms with Crippen LogP contribution < -0.4 is 0 Å². The van der Waals surface area contributed by atoms with E-state index in [1.807, 2.05) is 0 Å². The minimum atomic E-state index is 1.03. The smallest absolute Gasteiger partial charge is 0.0794 e. The van der Waals surface area contributed by atoms with E-state index >= 15 is 0 Å². The van der Waals surface area contributed by atoms with Gasteiger partial charge in [-0.25, -0.2) is 4.98 Å². The highest BCUT2D eigenvalue weighted by Crippen LogP contribution is 2.38. The molecule has 4 aromatic carbocycles. The molecule has 0 N–H and O–H groups in total. The van der Waals surface area contributed by atoms with Crippen LogP contribution >= 0.6 is 0 Å². The minimum absolute atomic E-state index is 1.03. The molecule has 28 heavy (non-hydrogen) atoms. The van der Waals surface area contributed by atoms with E-state index in [-0.39, 0.29) is 0 Å². The Kier molecular flexibility index (Phi) is 3.95. The molecule has 5 aromatic rings. The van der Waals surface area contributed by atoms with Crippen LogP contribution in [-0.2, 0) is 0 Å². The Hall–Kier alpha value is -3.45. The van der Waals surface area contributed by atoms with E-state index in [1.54, 1.807) is 0 Å². The second-order valence-corrected chi connectivity index (χ2v) is 7.45. The molecule has 1 heterocycles. The van der Waals surface area contributed by atoms with Gasteiger partial charge >= 0.3 is 0 Å². The van der Waals surface area contributed by atoms with Gasteiger partial charge in [-0.15, -0.1) is 0 Å². The SMILES string of the molecule is Cc1cc(C)cc(-c2c3ccccc3nc3c(-c4ccccc4)cccc23)c1. The van der Waals surface area contributed by atoms with Crippen LogP contribution in [0.5, 0.6) is 0 Å². The molecule has 0 aliphatic rings. The van der Waals surface area contributed by atoms with Gasteiger partial charge in [-0.3, -0.25) is 0 Å². The first-order chi connectivity index (χ1) is 13.7. The summed E-state index contributed by atoms with van der Waals surface area (Å²) < 4.78 is 0. The lowest BCUT2D eigenvalue weighted by molar-refractivity contribution is 1.39. The highest BCUT2D eigenvalue weighted by Gasteiger charge is 2.14. The largest absolute Gasteiger partial charge is 0.247 e. The summed E-state index contributed by atoms with van der Waals surface area (Å²) in [5, 5.41) is 2.40. The van der Waals surface area contributed by atoms with E-state index in [1.165, 1.54) is 44.2 Å². The average molecular weight is 359 g/mol. The van der Waals surface area contributed by atoms with Crippen molar-refractivity contribution in [2.45, 2.75) is 13.8 Å². The summed E-state index contributed by atoms with van der Waals surface area (Å²) in [6.45, 7) is 4.33. The molecular formula is C27H21N. The first kappa shape index (κ1) is 16.7. The summed E-state index contributed by atoms with van der Waals surface area (Å²) >= 11 is 0. The van der Waals surface area contributed by atoms with Gasteiger partial charge in [0.15, 0.2) is 0 Å². The van der Waals surface area contributed by atoms with Crippen LogP contribution in [0.4, 0.5) is 0 Å². The molecule has 1 heteroatoms. The maximum atomic E-state index is 5.09. The van der Waals surface area contributed by atoms with Crippen LogP contribution in [0, 0.1) is 13.8 Å². The fourth-order valence-electron chi connectivity index (χ4n) is 4.19. The summed E-state index contributed by atoms with van der Waals surface area (Å²) in [6, 6.07) is 32.3. The van der Waals surface area contributed by atoms with Crippen molar-refractivity contribution in [2.75, 3.05) is 0 Å². The third kappa shape index (κ3) is 2.76. The molecule has 1 nitrogen and oxygen atoms in total. The van der Waals surface area contributed by atoms with Crippen LogP contribution in [0.2, 0.25) is 0 Å². The number of para-hydroxylation sites is 2. The van der Waals surface area contributed by atoms with Crippen molar-refractivity contribution in [1.82, 2.24) is 4.98 Å². The molecule has 134 valence electrons. The lowest BCUT2D eigenvalue weighted by Crippen LogP contribution is -1.92. The maximum absolute atomic E-state index is 5.09. The number of rotatable bonds is 2. The lowest BCUT2D eigenvalue weighted by Gasteiger charge is -2.15. The van der Waals surface area contributed by atoms with E-state index in [0.717, 1.165) is 11.0 Å². The summed E-state index contributed by atoms with van der Waals surface area (Å²) in [5.41, 5.74) is 9.55. The molecule has 0 unspecified atom stereocenters. The predicted octanol–water partition coefficient (Wildman–Crippen LogP) is 7.34. The first-order valence-electron chi connectivity index (χ1n) is 9.66. The number of benzene rings is 4. The lowest BCUT2D eigenvalue weighted by atomic mass is 9.91. The third-order valence-corrected chi connectivity index (χ3v) is 5.31. The van der Waals surface area contributed by atoms with E-state index in [0.29, 0.717) is 0 Å². The molecule has 0 radical (unpaired) electrons. The van der Waals surface area contributed by atoms with Gasteiger partial charge in [0.1, 0.15) is 0 Å². The molecule has 0 saturated carbocycles. The van der Waals surface area contributed by atoms with Gasteiger partial charge in [-0.2, -0.15) is 0 Å². The van der Waals surface area contributed by atoms with E-state index < -0.39 is 0 Å². The average Bonchev–Trinajstić information content (AvgIpc) is 2.71. The summed E-state index contributed by atoms with van der Waals surface area (Å²) in [5.74, 6) is 0. The molecule has 5 rings (SSSR count). The highest BCUT2D eigenvalue weighted by molar-refractivity contribution is 6.12. The summed E-state index contributed by atoms with van der Waals surface area (Å²) in [6.07, 6.45) is 0. The van der Waals surface area contributed by atoms with E-state index in [2.05, 4.69) is 105 Å². The number of aryl methyl sites for hydroxylation is 2. The van der Waals surface area contributed by atoms with Crippen molar-refractivity contribution in [3.63, 3.8) is 0 Å². The Morgan fingerprint density at radius 3 is 2.04 bits per heavy atom. The van der Waals surface area contributed by atoms with Crippen LogP contribution in [0.25, 0.3) is 44.1 Å². The fraction of sp³-hybridized carbons (Fsp3) is 0.0741. The van der Waals surface area contributed by atoms with Gasteiger partial charge in [0.05, 0.1) is 11.0 Å². The Labute approximate surface area is 165 Å². The molecular weight excluding hydrogens is 338 g/mol. The standard InChI is InChI=1S/C27H21N/c1-18-15-19(2)17-21(16-18)26-23-11-6-7-14-25(23)28-27-22(12-8-13-24(26)27)20-9-4-3-5-10-20/h3-17H,1-2H3. The fourth-order valence-corrected chi connectivity index (χ4v) is 4.19. The Morgan fingerprint density at radius 1 is 0.571 bits per heavy atom. The van der Waals surface area contributed by atoms with Crippen LogP contribution in [0.15, 0.2) is 91.0 Å². The molecule has 0 amide bonds. The molecule has 0 atom stereocenters. The summed E-state index contributed by atoms with van der Waals surface area (Å²) in [4.78, 5) is 5.09. The topological polar surface area (TPSA) is 12.9 Å². The van der Waals surface area contributed by atoms with Crippen molar-refractivity contribution in [3.8, 4) is 22.3 Å². The van der Waals surface area contributed by atoms with Crippen LogP contribution in [-0.4, -0.2) is 4.98 Å². The van der Waals surface area contributed by atoms with Crippen molar-refractivity contribution in [2.24, 2.45) is 0 Å². The van der Waals surface area contributed by atoms with Crippen molar-refractivity contribution in [1.29, 1.82) is 0 Å². The zero-order chi connectivity index (χ0) is 19.1. The third-order valence-electron chi connectivity index (χ3n) is 5.31. The Morgan fingerprint density at radius 2 is 1.25 bits per heavy atom. The first-order valence-corrected chi connectivity index (χ1v) is 9.66. The number of aromatic nitrogens is 1. The van der Waals surface area contributed by atoms with Gasteiger partial charge in [-0.05, 0) is 31.0 Å². The second kappa shape index (κ2) is 6.61. The van der Waals surface area contributed by atoms with Gasteiger partial charge < -0.3 is 0 Å². The Bertz CT molecular complexity index is 1300. The highest BCUT2D eigenvalue weighted by atomic mass is 14.7. The van der Waals surface area contributed by atoms with Crippen LogP contribution in [0.1, 0.15) is 11.1 Å². The van der Waals surface area contributed by atoms with Gasteiger partial charge in [0, 0.05) is 21.9 Å². The number of nitrogens with zero attached hydrogens (tertiary/aromatic N) is 1. The molecule has 1 aromatic heterocycles. The molecule has 0 spiro atoms. The normalized spacial score (nSPS) is 11.2. The summed E-state index contributed by atoms with van der Waals surface area (Å²) in [7, 11) is 0. The molecule has 0 aliphatic heterocycles. The number of hydrogen-bond acceptors (Lipinski definition) is 1. The van der Waals surface area contributed by atoms with Crippen molar-refractivity contribution < 1.29 is 0 Å². The molecule has 0 saturated heterocycles. The van der Waals surface area contributed by atoms with Gasteiger partial charge in [0.2, 0.25) is 0 Å². The quantitative estimate of drug-likeness (QED) is 0.300. The van der Waals surface area contributed by atoms with E-state index in [9.17, 15) is 0 Å². The molecule has 0 fully saturated rings. The van der Waals surface area contributed by atoms with Crippen molar-refractivity contribution in [3.05, 3.63) is 102 Å². The number of pyridine rings is 1. The Balaban J connectivity index is 1.95. The minimum Gasteiger partial charge on any atom is -0.247 e. The number of fused-ring (bicyclic) bond motifs is 2. The van der Waals surface area contributed by atoms with E-state index in [4.69, 9.17) is 4.98 Å². The zero-order valence-electron chi connectivity index (χ0n) is 16.1. The van der Waals surface area contributed by atoms with Gasteiger partial charge in [0.25, 0.3) is 0 Å². The van der Waals surface area contributed by atoms with Crippen molar-refractivity contribution >= 4 is 21.8 Å². The second-order valence-electron chi connectivity index (χ2n) is 7.45. The molecule has 0 bridgehead atoms. The van der Waals surface area contributed by atoms with Crippen LogP contribution in [0.3, 0.4) is 0 Å². The van der Waals surface area contributed by atoms with Gasteiger partial charge in [-0.1, -0.05) is 96.1 Å². The number of hydrogen-bond donors (Lipinski definition) is 0. The monoisotopic (exact) mass is 359 g/mol. The maximum Gasteiger partial charge on any atom is 0.0794 e.